The molecule has 0 radical (unpaired) electrons. The number of amides is 2. The second kappa shape index (κ2) is 5.80. The number of halogens is 1. The van der Waals surface area contributed by atoms with Crippen LogP contribution in [-0.4, -0.2) is 30.1 Å². The second-order valence-corrected chi connectivity index (χ2v) is 5.81. The van der Waals surface area contributed by atoms with E-state index in [1.54, 1.807) is 11.0 Å². The van der Waals surface area contributed by atoms with Crippen LogP contribution >= 0.6 is 11.6 Å². The molecule has 3 N–H and O–H groups in total. The molecule has 1 heterocycles. The first kappa shape index (κ1) is 14.2. The summed E-state index contributed by atoms with van der Waals surface area (Å²) in [5.74, 6) is 0.441. The summed E-state index contributed by atoms with van der Waals surface area (Å²) in [6.07, 6.45) is 0.972. The van der Waals surface area contributed by atoms with E-state index in [0.717, 1.165) is 18.5 Å². The molecule has 1 aliphatic heterocycles. The van der Waals surface area contributed by atoms with Crippen LogP contribution in [0.4, 0.5) is 10.5 Å². The van der Waals surface area contributed by atoms with Gasteiger partial charge in [-0.3, -0.25) is 0 Å². The number of carbonyl (C=O) groups excluding carboxylic acids is 1. The Morgan fingerprint density at radius 1 is 1.47 bits per heavy atom. The van der Waals surface area contributed by atoms with Crippen molar-refractivity contribution in [1.29, 1.82) is 0 Å². The fourth-order valence-electron chi connectivity index (χ4n) is 2.44. The van der Waals surface area contributed by atoms with Crippen LogP contribution in [0.15, 0.2) is 18.2 Å². The Kier molecular flexibility index (Phi) is 4.32. The molecular weight excluding hydrogens is 262 g/mol. The molecule has 5 heteroatoms. The molecule has 1 fully saturated rings. The molecule has 2 rings (SSSR count). The van der Waals surface area contributed by atoms with Gasteiger partial charge in [-0.1, -0.05) is 24.6 Å². The molecule has 0 spiro atoms. The Morgan fingerprint density at radius 2 is 2.21 bits per heavy atom. The molecule has 0 saturated carbocycles. The highest BCUT2D eigenvalue weighted by Gasteiger charge is 2.25. The quantitative estimate of drug-likeness (QED) is 0.832. The normalized spacial score (nSPS) is 23.3. The highest BCUT2D eigenvalue weighted by atomic mass is 35.5. The van der Waals surface area contributed by atoms with Gasteiger partial charge < -0.3 is 16.0 Å². The molecule has 1 aromatic rings. The summed E-state index contributed by atoms with van der Waals surface area (Å²) in [7, 11) is 0. The Balaban J connectivity index is 2.02. The van der Waals surface area contributed by atoms with Gasteiger partial charge in [0.2, 0.25) is 0 Å². The van der Waals surface area contributed by atoms with Gasteiger partial charge >= 0.3 is 6.03 Å². The number of urea groups is 1. The van der Waals surface area contributed by atoms with Crippen molar-refractivity contribution in [3.8, 4) is 0 Å². The number of hydrogen-bond donors (Lipinski definition) is 2. The van der Waals surface area contributed by atoms with Gasteiger partial charge in [0.15, 0.2) is 0 Å². The predicted molar refractivity (Wildman–Crippen MR) is 78.5 cm³/mol. The van der Waals surface area contributed by atoms with Gasteiger partial charge in [0.1, 0.15) is 0 Å². The third kappa shape index (κ3) is 3.61. The first-order chi connectivity index (χ1) is 8.95. The largest absolute Gasteiger partial charge is 0.326 e. The molecule has 0 aromatic heterocycles. The number of nitrogens with two attached hydrogens (primary N) is 1. The van der Waals surface area contributed by atoms with Gasteiger partial charge in [0.05, 0.1) is 0 Å². The van der Waals surface area contributed by atoms with Crippen molar-refractivity contribution in [1.82, 2.24) is 4.90 Å². The van der Waals surface area contributed by atoms with Gasteiger partial charge in [-0.25, -0.2) is 4.79 Å². The second-order valence-electron chi connectivity index (χ2n) is 5.40. The van der Waals surface area contributed by atoms with Gasteiger partial charge in [-0.15, -0.1) is 0 Å². The van der Waals surface area contributed by atoms with Crippen LogP contribution in [0, 0.1) is 12.8 Å². The van der Waals surface area contributed by atoms with Crippen LogP contribution in [-0.2, 0) is 0 Å². The maximum Gasteiger partial charge on any atom is 0.321 e. The highest BCUT2D eigenvalue weighted by molar-refractivity contribution is 6.31. The molecule has 2 unspecified atom stereocenters. The molecule has 0 aliphatic carbocycles. The number of nitrogens with one attached hydrogen (secondary N) is 1. The van der Waals surface area contributed by atoms with Crippen molar-refractivity contribution in [2.24, 2.45) is 11.7 Å². The molecule has 1 aliphatic rings. The highest BCUT2D eigenvalue weighted by Crippen LogP contribution is 2.21. The zero-order valence-electron chi connectivity index (χ0n) is 11.3. The van der Waals surface area contributed by atoms with E-state index in [2.05, 4.69) is 12.2 Å². The first-order valence-electron chi connectivity index (χ1n) is 6.53. The fraction of sp³-hybridized carbons (Fsp3) is 0.500. The maximum atomic E-state index is 12.2. The SMILES string of the molecule is Cc1ccc(NC(=O)N2CC(C)CC(N)C2)cc1Cl. The van der Waals surface area contributed by atoms with Crippen LogP contribution < -0.4 is 11.1 Å². The number of aryl methyl sites for hydroxylation is 1. The summed E-state index contributed by atoms with van der Waals surface area (Å²) >= 11 is 6.04. The smallest absolute Gasteiger partial charge is 0.321 e. The fourth-order valence-corrected chi connectivity index (χ4v) is 2.62. The number of likely N-dealkylation sites (tertiary alicyclic amines) is 1. The number of benzene rings is 1. The summed E-state index contributed by atoms with van der Waals surface area (Å²) < 4.78 is 0. The molecular formula is C14H20ClN3O. The van der Waals surface area contributed by atoms with Crippen molar-refractivity contribution >= 4 is 23.3 Å². The lowest BCUT2D eigenvalue weighted by atomic mass is 9.97. The monoisotopic (exact) mass is 281 g/mol. The molecule has 0 bridgehead atoms. The summed E-state index contributed by atoms with van der Waals surface area (Å²) in [6.45, 7) is 5.40. The zero-order chi connectivity index (χ0) is 14.0. The van der Waals surface area contributed by atoms with E-state index < -0.39 is 0 Å². The Hall–Kier alpha value is -1.26. The Bertz CT molecular complexity index is 468. The van der Waals surface area contributed by atoms with E-state index in [4.69, 9.17) is 17.3 Å². The van der Waals surface area contributed by atoms with E-state index in [1.165, 1.54) is 0 Å². The van der Waals surface area contributed by atoms with E-state index >= 15 is 0 Å². The number of rotatable bonds is 1. The third-order valence-electron chi connectivity index (χ3n) is 3.40. The van der Waals surface area contributed by atoms with Gasteiger partial charge in [-0.2, -0.15) is 0 Å². The average Bonchev–Trinajstić information content (AvgIpc) is 2.32. The standard InChI is InChI=1S/C14H20ClN3O/c1-9-5-11(16)8-18(7-9)14(19)17-12-4-3-10(2)13(15)6-12/h3-4,6,9,11H,5,7-8,16H2,1-2H3,(H,17,19). The third-order valence-corrected chi connectivity index (χ3v) is 3.81. The summed E-state index contributed by atoms with van der Waals surface area (Å²) in [5.41, 5.74) is 7.66. The molecule has 1 aromatic carbocycles. The summed E-state index contributed by atoms with van der Waals surface area (Å²) in [4.78, 5) is 13.9. The lowest BCUT2D eigenvalue weighted by molar-refractivity contribution is 0.172. The lowest BCUT2D eigenvalue weighted by Gasteiger charge is -2.34. The van der Waals surface area contributed by atoms with Crippen LogP contribution in [0.2, 0.25) is 5.02 Å². The van der Waals surface area contributed by atoms with Crippen LogP contribution in [0.25, 0.3) is 0 Å². The van der Waals surface area contributed by atoms with Gasteiger partial charge in [0.25, 0.3) is 0 Å². The minimum Gasteiger partial charge on any atom is -0.326 e. The minimum absolute atomic E-state index is 0.0658. The van der Waals surface area contributed by atoms with E-state index in [0.29, 0.717) is 23.2 Å². The molecule has 1 saturated heterocycles. The van der Waals surface area contributed by atoms with Gasteiger partial charge in [-0.05, 0) is 37.0 Å². The number of nitrogens with zero attached hydrogens (tertiary/aromatic N) is 1. The minimum atomic E-state index is -0.109. The molecule has 2 atom stereocenters. The topological polar surface area (TPSA) is 58.4 Å². The maximum absolute atomic E-state index is 12.2. The van der Waals surface area contributed by atoms with E-state index in [9.17, 15) is 4.79 Å². The lowest BCUT2D eigenvalue weighted by Crippen LogP contribution is -2.50. The van der Waals surface area contributed by atoms with Crippen molar-refractivity contribution in [2.75, 3.05) is 18.4 Å². The number of hydrogen-bond acceptors (Lipinski definition) is 2. The van der Waals surface area contributed by atoms with Gasteiger partial charge in [0, 0.05) is 29.8 Å². The van der Waals surface area contributed by atoms with Crippen molar-refractivity contribution in [3.63, 3.8) is 0 Å². The Morgan fingerprint density at radius 3 is 2.84 bits per heavy atom. The van der Waals surface area contributed by atoms with Crippen molar-refractivity contribution in [2.45, 2.75) is 26.3 Å². The molecule has 2 amide bonds. The van der Waals surface area contributed by atoms with Crippen molar-refractivity contribution in [3.05, 3.63) is 28.8 Å². The van der Waals surface area contributed by atoms with Crippen molar-refractivity contribution < 1.29 is 4.79 Å². The van der Waals surface area contributed by atoms with Crippen LogP contribution in [0.5, 0.6) is 0 Å². The number of anilines is 1. The van der Waals surface area contributed by atoms with E-state index in [-0.39, 0.29) is 12.1 Å². The number of carbonyl (C=O) groups is 1. The van der Waals surface area contributed by atoms with Crippen LogP contribution in [0.1, 0.15) is 18.9 Å². The summed E-state index contributed by atoms with van der Waals surface area (Å²) in [5, 5.41) is 3.52. The molecule has 4 nitrogen and oxygen atoms in total. The zero-order valence-corrected chi connectivity index (χ0v) is 12.1. The molecule has 19 heavy (non-hydrogen) atoms. The number of piperidine rings is 1. The molecule has 104 valence electrons. The summed E-state index contributed by atoms with van der Waals surface area (Å²) in [6, 6.07) is 5.47. The van der Waals surface area contributed by atoms with E-state index in [1.807, 2.05) is 19.1 Å². The Labute approximate surface area is 118 Å². The van der Waals surface area contributed by atoms with Crippen LogP contribution in [0.3, 0.4) is 0 Å². The predicted octanol–water partition coefficient (Wildman–Crippen LogP) is 2.85. The first-order valence-corrected chi connectivity index (χ1v) is 6.91. The average molecular weight is 282 g/mol.